The van der Waals surface area contributed by atoms with E-state index in [2.05, 4.69) is 51.9 Å². The zero-order chi connectivity index (χ0) is 15.7. The van der Waals surface area contributed by atoms with Crippen LogP contribution >= 0.6 is 11.3 Å². The number of hydrogen-bond acceptors (Lipinski definition) is 4. The number of nitrogens with zero attached hydrogens (tertiary/aromatic N) is 1. The molecule has 0 saturated carbocycles. The molecule has 2 fully saturated rings. The van der Waals surface area contributed by atoms with Crippen molar-refractivity contribution >= 4 is 17.2 Å². The lowest BCUT2D eigenvalue weighted by atomic mass is 9.87. The number of carbonyl (C=O) groups excluding carboxylic acids is 1. The molecule has 2 saturated heterocycles. The molecule has 1 aromatic heterocycles. The molecule has 2 aliphatic heterocycles. The van der Waals surface area contributed by atoms with Crippen molar-refractivity contribution in [3.63, 3.8) is 0 Å². The molecular formula is C18H21N3OS. The van der Waals surface area contributed by atoms with Crippen molar-refractivity contribution in [3.8, 4) is 10.4 Å². The van der Waals surface area contributed by atoms with Gasteiger partial charge < -0.3 is 10.6 Å². The monoisotopic (exact) mass is 327 g/mol. The number of thiophene rings is 1. The highest BCUT2D eigenvalue weighted by molar-refractivity contribution is 7.15. The van der Waals surface area contributed by atoms with Crippen LogP contribution in [0.2, 0.25) is 0 Å². The van der Waals surface area contributed by atoms with Crippen LogP contribution in [-0.2, 0) is 11.3 Å². The minimum absolute atomic E-state index is 0.207. The zero-order valence-electron chi connectivity index (χ0n) is 13.0. The number of nitrogens with one attached hydrogen (secondary N) is 2. The summed E-state index contributed by atoms with van der Waals surface area (Å²) in [6.45, 7) is 3.35. The Morgan fingerprint density at radius 1 is 1.09 bits per heavy atom. The van der Waals surface area contributed by atoms with Crippen molar-refractivity contribution in [1.82, 2.24) is 15.5 Å². The summed E-state index contributed by atoms with van der Waals surface area (Å²) in [6, 6.07) is 14.9. The Labute approximate surface area is 140 Å². The van der Waals surface area contributed by atoms with Gasteiger partial charge in [-0.25, -0.2) is 0 Å². The molecule has 1 aromatic carbocycles. The molecule has 0 radical (unpaired) electrons. The molecule has 3 heterocycles. The van der Waals surface area contributed by atoms with Crippen LogP contribution in [0.1, 0.15) is 17.7 Å². The molecule has 1 spiro atoms. The normalized spacial score (nSPS) is 20.8. The Morgan fingerprint density at radius 3 is 2.65 bits per heavy atom. The molecule has 0 aliphatic carbocycles. The van der Waals surface area contributed by atoms with Crippen LogP contribution in [0.3, 0.4) is 0 Å². The minimum Gasteiger partial charge on any atom is -0.342 e. The summed E-state index contributed by atoms with van der Waals surface area (Å²) in [4.78, 5) is 17.3. The molecule has 2 N–H and O–H groups in total. The van der Waals surface area contributed by atoms with Gasteiger partial charge in [-0.3, -0.25) is 9.69 Å². The van der Waals surface area contributed by atoms with Gasteiger partial charge in [0.05, 0.1) is 6.67 Å². The van der Waals surface area contributed by atoms with Gasteiger partial charge in [-0.15, -0.1) is 11.3 Å². The second-order valence-electron chi connectivity index (χ2n) is 6.28. The van der Waals surface area contributed by atoms with Crippen molar-refractivity contribution in [2.75, 3.05) is 19.8 Å². The van der Waals surface area contributed by atoms with Crippen molar-refractivity contribution in [3.05, 3.63) is 47.3 Å². The van der Waals surface area contributed by atoms with Crippen molar-refractivity contribution < 1.29 is 4.79 Å². The predicted molar refractivity (Wildman–Crippen MR) is 93.1 cm³/mol. The first kappa shape index (κ1) is 14.9. The highest BCUT2D eigenvalue weighted by Gasteiger charge is 2.48. The van der Waals surface area contributed by atoms with Gasteiger partial charge in [0.1, 0.15) is 5.54 Å². The van der Waals surface area contributed by atoms with Gasteiger partial charge in [0, 0.05) is 16.3 Å². The molecule has 2 aromatic rings. The van der Waals surface area contributed by atoms with Gasteiger partial charge in [-0.05, 0) is 43.6 Å². The minimum atomic E-state index is -0.303. The predicted octanol–water partition coefficient (Wildman–Crippen LogP) is 2.43. The lowest BCUT2D eigenvalue weighted by Crippen LogP contribution is -2.54. The van der Waals surface area contributed by atoms with Crippen LogP contribution in [0, 0.1) is 0 Å². The van der Waals surface area contributed by atoms with Crippen LogP contribution < -0.4 is 10.6 Å². The Balaban J connectivity index is 1.54. The number of rotatable bonds is 3. The maximum Gasteiger partial charge on any atom is 0.241 e. The van der Waals surface area contributed by atoms with E-state index in [1.807, 2.05) is 17.4 Å². The average Bonchev–Trinajstić information content (AvgIpc) is 3.18. The van der Waals surface area contributed by atoms with Crippen LogP contribution in [0.4, 0.5) is 0 Å². The lowest BCUT2D eigenvalue weighted by molar-refractivity contribution is -0.128. The van der Waals surface area contributed by atoms with Crippen LogP contribution in [0.25, 0.3) is 10.4 Å². The smallest absolute Gasteiger partial charge is 0.241 e. The van der Waals surface area contributed by atoms with Gasteiger partial charge in [0.2, 0.25) is 5.91 Å². The van der Waals surface area contributed by atoms with Gasteiger partial charge >= 0.3 is 0 Å². The standard InChI is InChI=1S/C18H21N3OS/c22-17-18(8-10-19-11-9-18)21(13-20-17)12-15-6-7-16(23-15)14-4-2-1-3-5-14/h1-7,19H,8-13H2,(H,20,22). The maximum absolute atomic E-state index is 12.4. The third-order valence-electron chi connectivity index (χ3n) is 4.96. The fraction of sp³-hybridized carbons (Fsp3) is 0.389. The summed E-state index contributed by atoms with van der Waals surface area (Å²) in [5.41, 5.74) is 0.957. The molecule has 2 aliphatic rings. The van der Waals surface area contributed by atoms with Gasteiger partial charge in [-0.2, -0.15) is 0 Å². The van der Waals surface area contributed by atoms with Crippen molar-refractivity contribution in [2.24, 2.45) is 0 Å². The number of hydrogen-bond donors (Lipinski definition) is 2. The first-order valence-corrected chi connectivity index (χ1v) is 8.98. The molecule has 23 heavy (non-hydrogen) atoms. The topological polar surface area (TPSA) is 44.4 Å². The van der Waals surface area contributed by atoms with E-state index in [0.29, 0.717) is 6.67 Å². The number of benzene rings is 1. The highest BCUT2D eigenvalue weighted by atomic mass is 32.1. The molecule has 0 atom stereocenters. The molecule has 1 amide bonds. The van der Waals surface area contributed by atoms with E-state index in [1.54, 1.807) is 0 Å². The van der Waals surface area contributed by atoms with E-state index in [0.717, 1.165) is 32.5 Å². The molecule has 4 nitrogen and oxygen atoms in total. The number of carbonyl (C=O) groups is 1. The van der Waals surface area contributed by atoms with Crippen molar-refractivity contribution in [2.45, 2.75) is 24.9 Å². The van der Waals surface area contributed by atoms with Crippen LogP contribution in [-0.4, -0.2) is 36.1 Å². The summed E-state index contributed by atoms with van der Waals surface area (Å²) < 4.78 is 0. The zero-order valence-corrected chi connectivity index (χ0v) is 13.9. The number of piperidine rings is 1. The fourth-order valence-corrected chi connectivity index (χ4v) is 4.66. The first-order chi connectivity index (χ1) is 11.3. The van der Waals surface area contributed by atoms with Gasteiger partial charge in [0.15, 0.2) is 0 Å². The Bertz CT molecular complexity index is 691. The Morgan fingerprint density at radius 2 is 1.87 bits per heavy atom. The Hall–Kier alpha value is -1.69. The lowest BCUT2D eigenvalue weighted by Gasteiger charge is -2.38. The fourth-order valence-electron chi connectivity index (χ4n) is 3.63. The van der Waals surface area contributed by atoms with E-state index >= 15 is 0 Å². The molecule has 5 heteroatoms. The summed E-state index contributed by atoms with van der Waals surface area (Å²) in [6.07, 6.45) is 1.80. The summed E-state index contributed by atoms with van der Waals surface area (Å²) in [5.74, 6) is 0.207. The third-order valence-corrected chi connectivity index (χ3v) is 6.07. The maximum atomic E-state index is 12.4. The molecule has 0 unspecified atom stereocenters. The van der Waals surface area contributed by atoms with E-state index < -0.39 is 0 Å². The second-order valence-corrected chi connectivity index (χ2v) is 7.44. The highest BCUT2D eigenvalue weighted by Crippen LogP contribution is 2.34. The van der Waals surface area contributed by atoms with Gasteiger partial charge in [0.25, 0.3) is 0 Å². The largest absolute Gasteiger partial charge is 0.342 e. The summed E-state index contributed by atoms with van der Waals surface area (Å²) >= 11 is 1.83. The molecular weight excluding hydrogens is 306 g/mol. The second kappa shape index (κ2) is 6.07. The average molecular weight is 327 g/mol. The molecule has 120 valence electrons. The molecule has 4 rings (SSSR count). The Kier molecular flexibility index (Phi) is 3.93. The van der Waals surface area contributed by atoms with E-state index in [1.165, 1.54) is 15.3 Å². The summed E-state index contributed by atoms with van der Waals surface area (Å²) in [7, 11) is 0. The first-order valence-electron chi connectivity index (χ1n) is 8.16. The van der Waals surface area contributed by atoms with E-state index in [-0.39, 0.29) is 11.4 Å². The van der Waals surface area contributed by atoms with Crippen molar-refractivity contribution in [1.29, 1.82) is 0 Å². The van der Waals surface area contributed by atoms with Crippen LogP contribution in [0.15, 0.2) is 42.5 Å². The summed E-state index contributed by atoms with van der Waals surface area (Å²) in [5, 5.41) is 6.42. The quantitative estimate of drug-likeness (QED) is 0.910. The van der Waals surface area contributed by atoms with E-state index in [4.69, 9.17) is 0 Å². The van der Waals surface area contributed by atoms with E-state index in [9.17, 15) is 4.79 Å². The third kappa shape index (κ3) is 2.69. The molecule has 0 bridgehead atoms. The number of amides is 1. The SMILES string of the molecule is O=C1NCN(Cc2ccc(-c3ccccc3)s2)C12CCNCC2. The van der Waals surface area contributed by atoms with Crippen LogP contribution in [0.5, 0.6) is 0 Å². The van der Waals surface area contributed by atoms with Gasteiger partial charge in [-0.1, -0.05) is 30.3 Å².